The highest BCUT2D eigenvalue weighted by Crippen LogP contribution is 2.15. The second kappa shape index (κ2) is 3.92. The van der Waals surface area contributed by atoms with E-state index in [2.05, 4.69) is 15.0 Å². The Morgan fingerprint density at radius 3 is 3.00 bits per heavy atom. The Bertz CT molecular complexity index is 829. The molecule has 0 unspecified atom stereocenters. The molecule has 1 aliphatic rings. The zero-order valence-electron chi connectivity index (χ0n) is 9.58. The normalized spacial score (nSPS) is 13.7. The molecule has 1 aromatic heterocycles. The van der Waals surface area contributed by atoms with Gasteiger partial charge in [0, 0.05) is 7.05 Å². The third-order valence-corrected chi connectivity index (χ3v) is 3.18. The number of benzene rings is 1. The predicted molar refractivity (Wildman–Crippen MR) is 71.2 cm³/mol. The van der Waals surface area contributed by atoms with Crippen molar-refractivity contribution in [1.29, 1.82) is 0 Å². The van der Waals surface area contributed by atoms with Gasteiger partial charge in [0.2, 0.25) is 5.88 Å². The number of aromatic hydroxyl groups is 1. The van der Waals surface area contributed by atoms with Gasteiger partial charge in [0.25, 0.3) is 0 Å². The average molecular weight is 258 g/mol. The van der Waals surface area contributed by atoms with E-state index in [0.29, 0.717) is 10.5 Å². The molecule has 0 atom stereocenters. The molecule has 2 heterocycles. The van der Waals surface area contributed by atoms with Crippen molar-refractivity contribution in [2.24, 2.45) is 17.0 Å². The summed E-state index contributed by atoms with van der Waals surface area (Å²) >= 11 is 5.05. The highest BCUT2D eigenvalue weighted by molar-refractivity contribution is 7.71. The van der Waals surface area contributed by atoms with E-state index < -0.39 is 0 Å². The summed E-state index contributed by atoms with van der Waals surface area (Å²) in [6.45, 7) is 0. The topological polar surface area (TPSA) is 65.7 Å². The van der Waals surface area contributed by atoms with Crippen LogP contribution in [0.3, 0.4) is 0 Å². The molecule has 0 fully saturated rings. The van der Waals surface area contributed by atoms with Gasteiger partial charge >= 0.3 is 0 Å². The van der Waals surface area contributed by atoms with E-state index in [1.807, 2.05) is 24.3 Å². The molecule has 1 aromatic carbocycles. The van der Waals surface area contributed by atoms with Crippen LogP contribution >= 0.6 is 12.2 Å². The number of rotatable bonds is 1. The first kappa shape index (κ1) is 10.9. The molecule has 1 aliphatic heterocycles. The Morgan fingerprint density at radius 2 is 2.28 bits per heavy atom. The van der Waals surface area contributed by atoms with Gasteiger partial charge in [0.15, 0.2) is 4.77 Å². The van der Waals surface area contributed by atoms with E-state index in [0.717, 1.165) is 16.3 Å². The fourth-order valence-corrected chi connectivity index (χ4v) is 1.99. The standard InChI is InChI=1S/C12H10N4OS/c1-16-11(17)10(15-12(16)18)5-7-2-3-8-9(4-7)14-6-13-8/h2-6,17H,1H3,(H,15,18)/b7-5+. The van der Waals surface area contributed by atoms with Crippen molar-refractivity contribution in [2.75, 3.05) is 0 Å². The van der Waals surface area contributed by atoms with Crippen LogP contribution in [-0.4, -0.2) is 21.0 Å². The molecule has 3 rings (SSSR count). The van der Waals surface area contributed by atoms with E-state index >= 15 is 0 Å². The van der Waals surface area contributed by atoms with Gasteiger partial charge < -0.3 is 10.1 Å². The predicted octanol–water partition coefficient (Wildman–Crippen LogP) is 0.910. The molecule has 0 amide bonds. The Morgan fingerprint density at radius 1 is 1.44 bits per heavy atom. The summed E-state index contributed by atoms with van der Waals surface area (Å²) in [7, 11) is 1.71. The number of aliphatic imine (C=N–C) groups is 1. The number of aromatic amines is 1. The van der Waals surface area contributed by atoms with E-state index in [-0.39, 0.29) is 5.88 Å². The summed E-state index contributed by atoms with van der Waals surface area (Å²) in [5.41, 5.74) is 1.42. The van der Waals surface area contributed by atoms with Gasteiger partial charge in [-0.1, -0.05) is 6.07 Å². The van der Waals surface area contributed by atoms with Gasteiger partial charge in [-0.05, 0) is 35.6 Å². The van der Waals surface area contributed by atoms with Crippen LogP contribution < -0.4 is 10.6 Å². The van der Waals surface area contributed by atoms with Gasteiger partial charge in [-0.25, -0.2) is 9.98 Å². The molecule has 90 valence electrons. The lowest BCUT2D eigenvalue weighted by Gasteiger charge is -1.94. The second-order valence-corrected chi connectivity index (χ2v) is 4.38. The molecule has 2 N–H and O–H groups in total. The minimum absolute atomic E-state index is 0.119. The van der Waals surface area contributed by atoms with Crippen LogP contribution in [-0.2, 0) is 7.05 Å². The maximum Gasteiger partial charge on any atom is 0.217 e. The molecule has 0 bridgehead atoms. The number of hydrogen-bond acceptors (Lipinski definition) is 4. The molecule has 5 nitrogen and oxygen atoms in total. The van der Waals surface area contributed by atoms with Crippen molar-refractivity contribution in [3.8, 4) is 5.88 Å². The van der Waals surface area contributed by atoms with Gasteiger partial charge in [-0.15, -0.1) is 0 Å². The molecule has 0 aliphatic carbocycles. The first-order chi connectivity index (χ1) is 8.65. The lowest BCUT2D eigenvalue weighted by atomic mass is 10.2. The van der Waals surface area contributed by atoms with Gasteiger partial charge in [0.05, 0.1) is 11.0 Å². The minimum Gasteiger partial charge on any atom is -0.493 e. The molecular formula is C12H10N4OS. The Labute approximate surface area is 107 Å². The smallest absolute Gasteiger partial charge is 0.217 e. The van der Waals surface area contributed by atoms with Crippen LogP contribution in [0.2, 0.25) is 0 Å². The van der Waals surface area contributed by atoms with Crippen LogP contribution in [0.15, 0.2) is 28.2 Å². The largest absolute Gasteiger partial charge is 0.493 e. The Hall–Kier alpha value is -2.21. The molecule has 0 spiro atoms. The highest BCUT2D eigenvalue weighted by atomic mass is 32.1. The van der Waals surface area contributed by atoms with Crippen molar-refractivity contribution in [3.63, 3.8) is 0 Å². The van der Waals surface area contributed by atoms with Crippen LogP contribution in [0.1, 0.15) is 5.69 Å². The van der Waals surface area contributed by atoms with E-state index in [1.54, 1.807) is 7.05 Å². The van der Waals surface area contributed by atoms with Crippen molar-refractivity contribution >= 4 is 30.3 Å². The van der Waals surface area contributed by atoms with Crippen LogP contribution in [0.25, 0.3) is 6.08 Å². The number of H-pyrrole nitrogens is 1. The summed E-state index contributed by atoms with van der Waals surface area (Å²) < 4.78 is 2.00. The summed E-state index contributed by atoms with van der Waals surface area (Å²) in [5.74, 6) is 0.119. The zero-order valence-corrected chi connectivity index (χ0v) is 10.4. The number of imidazole rings is 1. The number of nitrogens with one attached hydrogen (secondary N) is 1. The molecule has 0 saturated carbocycles. The fraction of sp³-hybridized carbons (Fsp3) is 0.0833. The lowest BCUT2D eigenvalue weighted by molar-refractivity contribution is 0.430. The summed E-state index contributed by atoms with van der Waals surface area (Å²) in [6.07, 6.45) is 3.35. The third kappa shape index (κ3) is 1.67. The Balaban J connectivity index is 2.18. The maximum atomic E-state index is 9.86. The SMILES string of the molecule is Cn1c(O)c(/C=c2\ccc3c(c2)N=CN=3)[nH]c1=S. The zero-order chi connectivity index (χ0) is 12.7. The van der Waals surface area contributed by atoms with Gasteiger partial charge in [-0.3, -0.25) is 4.57 Å². The lowest BCUT2D eigenvalue weighted by Crippen LogP contribution is -2.06. The fourth-order valence-electron chi connectivity index (χ4n) is 1.80. The summed E-state index contributed by atoms with van der Waals surface area (Å²) in [4.78, 5) is 11.2. The van der Waals surface area contributed by atoms with Crippen LogP contribution in [0.5, 0.6) is 5.88 Å². The number of nitrogens with zero attached hydrogens (tertiary/aromatic N) is 3. The van der Waals surface area contributed by atoms with Gasteiger partial charge in [-0.2, -0.15) is 0 Å². The highest BCUT2D eigenvalue weighted by Gasteiger charge is 2.05. The molecule has 0 radical (unpaired) electrons. The number of hydrogen-bond donors (Lipinski definition) is 2. The van der Waals surface area contributed by atoms with Crippen molar-refractivity contribution in [1.82, 2.24) is 9.55 Å². The molecule has 18 heavy (non-hydrogen) atoms. The van der Waals surface area contributed by atoms with Crippen molar-refractivity contribution in [2.45, 2.75) is 0 Å². The Kier molecular flexibility index (Phi) is 2.38. The van der Waals surface area contributed by atoms with Crippen LogP contribution in [0, 0.1) is 4.77 Å². The summed E-state index contributed by atoms with van der Waals surface area (Å²) in [6, 6.07) is 5.72. The van der Waals surface area contributed by atoms with E-state index in [1.165, 1.54) is 10.9 Å². The maximum absolute atomic E-state index is 9.86. The molecule has 0 saturated heterocycles. The van der Waals surface area contributed by atoms with E-state index in [4.69, 9.17) is 12.2 Å². The van der Waals surface area contributed by atoms with Crippen molar-refractivity contribution in [3.05, 3.63) is 39.2 Å². The second-order valence-electron chi connectivity index (χ2n) is 3.99. The van der Waals surface area contributed by atoms with Crippen molar-refractivity contribution < 1.29 is 5.11 Å². The molecule has 6 heteroatoms. The number of fused-ring (bicyclic) bond motifs is 1. The third-order valence-electron chi connectivity index (χ3n) is 2.81. The molecular weight excluding hydrogens is 248 g/mol. The van der Waals surface area contributed by atoms with Gasteiger partial charge in [0.1, 0.15) is 12.0 Å². The molecule has 2 aromatic rings. The summed E-state index contributed by atoms with van der Waals surface area (Å²) in [5, 5.41) is 11.6. The van der Waals surface area contributed by atoms with Crippen LogP contribution in [0.4, 0.5) is 5.69 Å². The number of aromatic nitrogens is 2. The first-order valence-corrected chi connectivity index (χ1v) is 5.76. The first-order valence-electron chi connectivity index (χ1n) is 5.35. The quantitative estimate of drug-likeness (QED) is 0.747. The van der Waals surface area contributed by atoms with E-state index in [9.17, 15) is 5.11 Å². The monoisotopic (exact) mass is 258 g/mol. The minimum atomic E-state index is 0.119. The average Bonchev–Trinajstić information content (AvgIpc) is 2.91.